The summed E-state index contributed by atoms with van der Waals surface area (Å²) in [5.74, 6) is -2.46. The first-order valence-corrected chi connectivity index (χ1v) is 12.6. The molecule has 0 bridgehead atoms. The van der Waals surface area contributed by atoms with Gasteiger partial charge in [0.15, 0.2) is 0 Å². The molecular weight excluding hydrogens is 558 g/mol. The molecule has 0 radical (unpaired) electrons. The number of nitrogens with zero attached hydrogens (tertiary/aromatic N) is 1. The van der Waals surface area contributed by atoms with Gasteiger partial charge >= 0.3 is 11.9 Å². The highest BCUT2D eigenvalue weighted by atomic mass is 35.6. The molecule has 1 saturated heterocycles. The van der Waals surface area contributed by atoms with Gasteiger partial charge in [-0.2, -0.15) is 0 Å². The first-order valence-electron chi connectivity index (χ1n) is 9.24. The summed E-state index contributed by atoms with van der Waals surface area (Å²) in [5, 5.41) is 3.86. The lowest BCUT2D eigenvalue weighted by atomic mass is 10.0. The molecule has 2 aliphatic rings. The number of alkyl halides is 3. The largest absolute Gasteiger partial charge is 0.461 e. The van der Waals surface area contributed by atoms with E-state index in [2.05, 4.69) is 5.32 Å². The lowest BCUT2D eigenvalue weighted by Gasteiger charge is -2.50. The van der Waals surface area contributed by atoms with E-state index >= 15 is 0 Å². The van der Waals surface area contributed by atoms with E-state index in [4.69, 9.17) is 55.9 Å². The summed E-state index contributed by atoms with van der Waals surface area (Å²) in [6.45, 7) is 0.269. The summed E-state index contributed by atoms with van der Waals surface area (Å²) < 4.78 is 8.22. The molecule has 2 atom stereocenters. The van der Waals surface area contributed by atoms with E-state index in [1.807, 2.05) is 17.5 Å². The standard InChI is InChI=1S/C19H16Cl4N2O6S2/c1-9(26)30-7-11-12(6-20)33-17-14(24-13(27)5-10-3-2-4-32-10)16(28)25(17)15(11)18(29)31-8-19(21,22)23/h2-4,6,14,17H,5,7-8H2,1H3,(H,24,27)/t14?,17-/m0/s1. The molecule has 3 rings (SSSR count). The molecule has 3 heterocycles. The van der Waals surface area contributed by atoms with E-state index < -0.39 is 39.7 Å². The molecule has 0 saturated carbocycles. The Hall–Kier alpha value is -1.43. The minimum absolute atomic E-state index is 0.114. The topological polar surface area (TPSA) is 102 Å². The number of ether oxygens (including phenoxy) is 2. The molecule has 14 heteroatoms. The molecule has 0 aliphatic carbocycles. The normalized spacial score (nSPS) is 21.4. The van der Waals surface area contributed by atoms with Crippen LogP contribution in [0.5, 0.6) is 0 Å². The summed E-state index contributed by atoms with van der Waals surface area (Å²) in [5.41, 5.74) is 1.15. The van der Waals surface area contributed by atoms with Crippen molar-refractivity contribution in [3.8, 4) is 0 Å². The number of amides is 2. The average molecular weight is 574 g/mol. The highest BCUT2D eigenvalue weighted by Gasteiger charge is 2.55. The van der Waals surface area contributed by atoms with Crippen molar-refractivity contribution in [3.05, 3.63) is 44.1 Å². The predicted octanol–water partition coefficient (Wildman–Crippen LogP) is 3.50. The molecule has 1 fully saturated rings. The van der Waals surface area contributed by atoms with Crippen LogP contribution in [-0.2, 0) is 35.1 Å². The van der Waals surface area contributed by atoms with E-state index in [-0.39, 0.29) is 30.2 Å². The summed E-state index contributed by atoms with van der Waals surface area (Å²) >= 11 is 25.5. The van der Waals surface area contributed by atoms with Gasteiger partial charge in [0.05, 0.1) is 6.42 Å². The highest BCUT2D eigenvalue weighted by Crippen LogP contribution is 2.47. The predicted molar refractivity (Wildman–Crippen MR) is 127 cm³/mol. The van der Waals surface area contributed by atoms with Gasteiger partial charge < -0.3 is 14.8 Å². The molecule has 178 valence electrons. The number of thioether (sulfide) groups is 1. The zero-order valence-corrected chi connectivity index (χ0v) is 21.5. The second-order valence-electron chi connectivity index (χ2n) is 6.79. The van der Waals surface area contributed by atoms with Gasteiger partial charge in [0.1, 0.15) is 30.3 Å². The summed E-state index contributed by atoms with van der Waals surface area (Å²) in [6.07, 6.45) is 0.114. The Balaban J connectivity index is 1.86. The van der Waals surface area contributed by atoms with E-state index in [1.165, 1.54) is 23.8 Å². The minimum atomic E-state index is -1.88. The maximum absolute atomic E-state index is 12.9. The molecule has 0 spiro atoms. The molecule has 2 amide bonds. The van der Waals surface area contributed by atoms with Crippen molar-refractivity contribution < 1.29 is 28.7 Å². The van der Waals surface area contributed by atoms with E-state index in [0.717, 1.165) is 21.5 Å². The molecule has 33 heavy (non-hydrogen) atoms. The van der Waals surface area contributed by atoms with Crippen molar-refractivity contribution >= 4 is 93.3 Å². The second kappa shape index (κ2) is 10.9. The number of esters is 2. The number of carbonyl (C=O) groups is 4. The fraction of sp³-hybridized carbons (Fsp3) is 0.368. The third-order valence-electron chi connectivity index (χ3n) is 4.43. The first kappa shape index (κ1) is 26.2. The zero-order chi connectivity index (χ0) is 24.3. The monoisotopic (exact) mass is 572 g/mol. The second-order valence-corrected chi connectivity index (χ2v) is 11.7. The van der Waals surface area contributed by atoms with Crippen molar-refractivity contribution in [2.24, 2.45) is 0 Å². The number of hydrogen-bond acceptors (Lipinski definition) is 8. The quantitative estimate of drug-likeness (QED) is 0.302. The van der Waals surface area contributed by atoms with Crippen LogP contribution in [0.1, 0.15) is 11.8 Å². The number of thiophene rings is 1. The molecule has 0 aromatic carbocycles. The summed E-state index contributed by atoms with van der Waals surface area (Å²) in [6, 6.07) is 2.73. The highest BCUT2D eigenvalue weighted by molar-refractivity contribution is 8.04. The number of fused-ring (bicyclic) bond motifs is 1. The third kappa shape index (κ3) is 6.37. The maximum Gasteiger partial charge on any atom is 0.355 e. The van der Waals surface area contributed by atoms with Gasteiger partial charge in [-0.1, -0.05) is 64.2 Å². The van der Waals surface area contributed by atoms with Gasteiger partial charge in [0, 0.05) is 27.8 Å². The average Bonchev–Trinajstić information content (AvgIpc) is 3.25. The van der Waals surface area contributed by atoms with Crippen LogP contribution in [0.4, 0.5) is 0 Å². The van der Waals surface area contributed by atoms with E-state index in [0.29, 0.717) is 4.91 Å². The van der Waals surface area contributed by atoms with Gasteiger partial charge in [-0.05, 0) is 11.4 Å². The SMILES string of the molecule is CC(=O)OCC1=C(C(=O)OCC(Cl)(Cl)Cl)N2C(=O)C(NC(=O)Cc3cccs3)[C@@H]2SC1=CCl. The smallest absolute Gasteiger partial charge is 0.355 e. The molecular formula is C19H16Cl4N2O6S2. The number of nitrogens with one attached hydrogen (secondary N) is 1. The number of halogens is 4. The molecule has 1 N–H and O–H groups in total. The number of rotatable bonds is 7. The Labute approximate surface area is 217 Å². The lowest BCUT2D eigenvalue weighted by molar-refractivity contribution is -0.153. The fourth-order valence-electron chi connectivity index (χ4n) is 3.06. The van der Waals surface area contributed by atoms with E-state index in [1.54, 1.807) is 0 Å². The fourth-order valence-corrected chi connectivity index (χ4v) is 5.45. The number of carbonyl (C=O) groups excluding carboxylic acids is 4. The van der Waals surface area contributed by atoms with Crippen LogP contribution in [0.25, 0.3) is 0 Å². The van der Waals surface area contributed by atoms with Gasteiger partial charge in [-0.3, -0.25) is 19.3 Å². The minimum Gasteiger partial charge on any atom is -0.461 e. The maximum atomic E-state index is 12.9. The Bertz CT molecular complexity index is 1020. The lowest BCUT2D eigenvalue weighted by Crippen LogP contribution is -2.70. The van der Waals surface area contributed by atoms with Crippen LogP contribution in [0.2, 0.25) is 0 Å². The van der Waals surface area contributed by atoms with Gasteiger partial charge in [-0.15, -0.1) is 11.3 Å². The Morgan fingerprint density at radius 1 is 1.27 bits per heavy atom. The molecule has 1 aromatic rings. The van der Waals surface area contributed by atoms with Gasteiger partial charge in [0.2, 0.25) is 9.70 Å². The summed E-state index contributed by atoms with van der Waals surface area (Å²) in [4.78, 5) is 52.0. The van der Waals surface area contributed by atoms with Crippen LogP contribution >= 0.6 is 69.5 Å². The number of hydrogen-bond donors (Lipinski definition) is 1. The van der Waals surface area contributed by atoms with E-state index in [9.17, 15) is 19.2 Å². The first-order chi connectivity index (χ1) is 15.5. The van der Waals surface area contributed by atoms with Crippen molar-refractivity contribution in [1.29, 1.82) is 0 Å². The van der Waals surface area contributed by atoms with Crippen LogP contribution in [0.3, 0.4) is 0 Å². The third-order valence-corrected chi connectivity index (χ3v) is 7.32. The van der Waals surface area contributed by atoms with Crippen molar-refractivity contribution in [1.82, 2.24) is 10.2 Å². The molecule has 8 nitrogen and oxygen atoms in total. The zero-order valence-electron chi connectivity index (χ0n) is 16.8. The number of β-lactam (4-membered cyclic amide) rings is 1. The Morgan fingerprint density at radius 2 is 2.00 bits per heavy atom. The molecule has 2 aliphatic heterocycles. The van der Waals surface area contributed by atoms with Crippen LogP contribution in [0, 0.1) is 0 Å². The van der Waals surface area contributed by atoms with Crippen molar-refractivity contribution in [2.45, 2.75) is 28.6 Å². The van der Waals surface area contributed by atoms with Crippen LogP contribution < -0.4 is 5.32 Å². The Kier molecular flexibility index (Phi) is 8.63. The molecule has 1 unspecified atom stereocenters. The van der Waals surface area contributed by atoms with Gasteiger partial charge in [-0.25, -0.2) is 4.79 Å². The van der Waals surface area contributed by atoms with Crippen LogP contribution in [0.15, 0.2) is 39.2 Å². The van der Waals surface area contributed by atoms with Crippen LogP contribution in [-0.4, -0.2) is 57.1 Å². The molecule has 1 aromatic heterocycles. The van der Waals surface area contributed by atoms with Crippen molar-refractivity contribution in [2.75, 3.05) is 13.2 Å². The Morgan fingerprint density at radius 3 is 2.58 bits per heavy atom. The van der Waals surface area contributed by atoms with Gasteiger partial charge in [0.25, 0.3) is 5.91 Å². The summed E-state index contributed by atoms with van der Waals surface area (Å²) in [7, 11) is 0. The van der Waals surface area contributed by atoms with Crippen molar-refractivity contribution in [3.63, 3.8) is 0 Å².